The molecule has 1 aromatic carbocycles. The van der Waals surface area contributed by atoms with E-state index >= 15 is 0 Å². The molecule has 180 valence electrons. The average molecular weight is 467 g/mol. The van der Waals surface area contributed by atoms with Crippen LogP contribution in [0.3, 0.4) is 0 Å². The van der Waals surface area contributed by atoms with E-state index in [9.17, 15) is 14.4 Å². The highest BCUT2D eigenvalue weighted by atomic mass is 19.1. The van der Waals surface area contributed by atoms with Crippen LogP contribution in [-0.4, -0.2) is 34.1 Å². The third-order valence-electron chi connectivity index (χ3n) is 8.54. The third kappa shape index (κ3) is 3.93. The van der Waals surface area contributed by atoms with Crippen LogP contribution in [0.1, 0.15) is 62.5 Å². The number of anilines is 1. The fraction of sp³-hybridized carbons (Fsp3) is 0.538. The van der Waals surface area contributed by atoms with Crippen molar-refractivity contribution in [1.29, 1.82) is 0 Å². The van der Waals surface area contributed by atoms with E-state index in [4.69, 9.17) is 4.74 Å². The lowest BCUT2D eigenvalue weighted by Gasteiger charge is -2.50. The van der Waals surface area contributed by atoms with Crippen LogP contribution in [0.4, 0.5) is 10.2 Å². The van der Waals surface area contributed by atoms with E-state index in [-0.39, 0.29) is 23.1 Å². The predicted octanol–water partition coefficient (Wildman–Crippen LogP) is 4.96. The van der Waals surface area contributed by atoms with Crippen LogP contribution in [0.2, 0.25) is 0 Å². The number of aryl methyl sites for hydroxylation is 1. The molecular weight excluding hydrogens is 435 g/mol. The van der Waals surface area contributed by atoms with Crippen LogP contribution in [0, 0.1) is 29.0 Å². The maximum absolute atomic E-state index is 13.8. The summed E-state index contributed by atoms with van der Waals surface area (Å²) in [7, 11) is 1.51. The Morgan fingerprint density at radius 1 is 1.29 bits per heavy atom. The fourth-order valence-electron chi connectivity index (χ4n) is 7.07. The average Bonchev–Trinajstić information content (AvgIpc) is 3.14. The van der Waals surface area contributed by atoms with Crippen molar-refractivity contribution in [2.75, 3.05) is 12.4 Å². The van der Waals surface area contributed by atoms with Crippen molar-refractivity contribution in [2.24, 2.45) is 28.3 Å². The first-order valence-corrected chi connectivity index (χ1v) is 12.1. The summed E-state index contributed by atoms with van der Waals surface area (Å²) in [6.07, 6.45) is 5.63. The zero-order chi connectivity index (χ0) is 23.9. The Balaban J connectivity index is 1.32. The van der Waals surface area contributed by atoms with Crippen molar-refractivity contribution in [3.63, 3.8) is 0 Å². The molecule has 1 heterocycles. The molecule has 0 spiro atoms. The number of nitrogens with zero attached hydrogens (tertiary/aromatic N) is 3. The molecule has 34 heavy (non-hydrogen) atoms. The topological polar surface area (TPSA) is 96.7 Å². The Morgan fingerprint density at radius 2 is 2.15 bits per heavy atom. The van der Waals surface area contributed by atoms with Gasteiger partial charge in [-0.1, -0.05) is 18.1 Å². The number of ether oxygens (including phenoxy) is 1. The minimum Gasteiger partial charge on any atom is -0.480 e. The molecule has 8 heteroatoms. The largest absolute Gasteiger partial charge is 0.480 e. The Kier molecular flexibility index (Phi) is 6.00. The maximum Gasteiger partial charge on any atom is 0.233 e. The van der Waals surface area contributed by atoms with E-state index in [0.29, 0.717) is 48.7 Å². The van der Waals surface area contributed by atoms with Gasteiger partial charge in [-0.3, -0.25) is 4.79 Å². The Hall–Kier alpha value is -3.03. The van der Waals surface area contributed by atoms with Gasteiger partial charge in [-0.15, -0.1) is 10.2 Å². The van der Waals surface area contributed by atoms with Crippen LogP contribution in [0.25, 0.3) is 0 Å². The van der Waals surface area contributed by atoms with Gasteiger partial charge >= 0.3 is 0 Å². The lowest BCUT2D eigenvalue weighted by Crippen LogP contribution is -2.44. The summed E-state index contributed by atoms with van der Waals surface area (Å²) in [5, 5.41) is 24.2. The smallest absolute Gasteiger partial charge is 0.233 e. The van der Waals surface area contributed by atoms with E-state index in [2.05, 4.69) is 27.6 Å². The number of hydrogen-bond acceptors (Lipinski definition) is 6. The third-order valence-corrected chi connectivity index (χ3v) is 8.54. The summed E-state index contributed by atoms with van der Waals surface area (Å²) < 4.78 is 18.8. The molecule has 3 aliphatic rings. The lowest BCUT2D eigenvalue weighted by molar-refractivity contribution is -0.116. The number of hydrogen-bond donors (Lipinski definition) is 2. The van der Waals surface area contributed by atoms with Gasteiger partial charge in [0.15, 0.2) is 5.82 Å². The van der Waals surface area contributed by atoms with Gasteiger partial charge in [0.25, 0.3) is 0 Å². The molecule has 0 aliphatic heterocycles. The second-order valence-electron chi connectivity index (χ2n) is 10.2. The number of fused-ring (bicyclic) bond motifs is 5. The molecule has 1 amide bonds. The maximum atomic E-state index is 13.8. The highest BCUT2D eigenvalue weighted by molar-refractivity contribution is 5.93. The molecule has 2 N–H and O–H groups in total. The van der Waals surface area contributed by atoms with Gasteiger partial charge in [0.05, 0.1) is 12.8 Å². The molecule has 2 fully saturated rings. The summed E-state index contributed by atoms with van der Waals surface area (Å²) >= 11 is 0. The first-order chi connectivity index (χ1) is 16.4. The number of aromatic nitrogens is 2. The van der Waals surface area contributed by atoms with E-state index < -0.39 is 0 Å². The quantitative estimate of drug-likeness (QED) is 0.480. The van der Waals surface area contributed by atoms with Crippen LogP contribution < -0.4 is 10.1 Å². The van der Waals surface area contributed by atoms with Gasteiger partial charge in [-0.25, -0.2) is 4.39 Å². The van der Waals surface area contributed by atoms with Gasteiger partial charge in [0.1, 0.15) is 5.82 Å². The lowest BCUT2D eigenvalue weighted by atomic mass is 9.54. The number of amides is 1. The van der Waals surface area contributed by atoms with Crippen molar-refractivity contribution in [3.8, 4) is 5.88 Å². The summed E-state index contributed by atoms with van der Waals surface area (Å²) in [6, 6.07) is 8.57. The zero-order valence-electron chi connectivity index (χ0n) is 19.6. The molecule has 3 aliphatic carbocycles. The van der Waals surface area contributed by atoms with Gasteiger partial charge in [-0.2, -0.15) is 0 Å². The zero-order valence-corrected chi connectivity index (χ0v) is 19.6. The molecular formula is C26H31FN4O3. The minimum atomic E-state index is -0.168. The Bertz CT molecular complexity index is 1110. The molecule has 2 saturated carbocycles. The number of oxime groups is 1. The monoisotopic (exact) mass is 466 g/mol. The first-order valence-electron chi connectivity index (χ1n) is 12.1. The fourth-order valence-corrected chi connectivity index (χ4v) is 7.07. The van der Waals surface area contributed by atoms with E-state index in [1.54, 1.807) is 24.3 Å². The molecule has 0 saturated heterocycles. The van der Waals surface area contributed by atoms with E-state index in [0.717, 1.165) is 37.0 Å². The van der Waals surface area contributed by atoms with E-state index in [1.165, 1.54) is 12.7 Å². The van der Waals surface area contributed by atoms with Crippen molar-refractivity contribution in [1.82, 2.24) is 10.2 Å². The highest BCUT2D eigenvalue weighted by Crippen LogP contribution is 2.62. The van der Waals surface area contributed by atoms with Gasteiger partial charge < -0.3 is 15.3 Å². The second-order valence-corrected chi connectivity index (χ2v) is 10.2. The predicted molar refractivity (Wildman–Crippen MR) is 126 cm³/mol. The first kappa shape index (κ1) is 22.7. The standard InChI is InChI=1S/C26H31FN4O3/c1-26-12-11-19-18-7-5-17(27)13-15(18)3-6-20(19)25(26)16(14-21(26)31-33)4-9-23(32)28-22-8-10-24(34-2)30-29-22/h5,7-8,10,13,16,19-20,25,33H,3-4,6,9,11-12,14H2,1-2H3,(H,28,29,32)/b31-21+/t16-,19?,20?,25?,26-/m1/s1. The van der Waals surface area contributed by atoms with Crippen molar-refractivity contribution in [2.45, 2.75) is 57.8 Å². The molecule has 7 nitrogen and oxygen atoms in total. The molecule has 0 radical (unpaired) electrons. The molecule has 5 rings (SSSR count). The number of methoxy groups -OCH3 is 1. The van der Waals surface area contributed by atoms with Crippen molar-refractivity contribution < 1.29 is 19.1 Å². The van der Waals surface area contributed by atoms with Gasteiger partial charge in [-0.05, 0) is 91.5 Å². The number of benzene rings is 1. The van der Waals surface area contributed by atoms with Crippen LogP contribution in [0.5, 0.6) is 5.88 Å². The number of nitrogens with one attached hydrogen (secondary N) is 1. The van der Waals surface area contributed by atoms with E-state index in [1.807, 2.05) is 6.07 Å². The summed E-state index contributed by atoms with van der Waals surface area (Å²) in [4.78, 5) is 12.7. The number of halogens is 1. The second kappa shape index (κ2) is 8.96. The normalized spacial score (nSPS) is 30.9. The highest BCUT2D eigenvalue weighted by Gasteiger charge is 2.57. The van der Waals surface area contributed by atoms with Crippen LogP contribution in [-0.2, 0) is 11.2 Å². The summed E-state index contributed by atoms with van der Waals surface area (Å²) in [5.41, 5.74) is 3.13. The molecule has 3 unspecified atom stereocenters. The minimum absolute atomic E-state index is 0.104. The van der Waals surface area contributed by atoms with Gasteiger partial charge in [0, 0.05) is 17.9 Å². The molecule has 0 bridgehead atoms. The van der Waals surface area contributed by atoms with Crippen molar-refractivity contribution >= 4 is 17.4 Å². The summed E-state index contributed by atoms with van der Waals surface area (Å²) in [6.45, 7) is 2.23. The number of rotatable bonds is 5. The Labute approximate surface area is 198 Å². The number of carbonyl (C=O) groups is 1. The van der Waals surface area contributed by atoms with Crippen molar-refractivity contribution in [3.05, 3.63) is 47.3 Å². The molecule has 2 aromatic rings. The van der Waals surface area contributed by atoms with Crippen LogP contribution >= 0.6 is 0 Å². The van der Waals surface area contributed by atoms with Crippen LogP contribution in [0.15, 0.2) is 35.5 Å². The molecule has 5 atom stereocenters. The SMILES string of the molecule is COc1ccc(NC(=O)CC[C@@H]2C/C(=N\O)[C@@]3(C)CCC4c5ccc(F)cc5CCC4C23)nn1. The Morgan fingerprint density at radius 3 is 2.88 bits per heavy atom. The summed E-state index contributed by atoms with van der Waals surface area (Å²) in [5.74, 6) is 1.95. The number of carbonyl (C=O) groups excluding carboxylic acids is 1. The van der Waals surface area contributed by atoms with Gasteiger partial charge in [0.2, 0.25) is 11.8 Å². The molecule has 1 aromatic heterocycles.